The van der Waals surface area contributed by atoms with Crippen LogP contribution < -0.4 is 15.4 Å². The Bertz CT molecular complexity index is 1750. The van der Waals surface area contributed by atoms with Gasteiger partial charge >= 0.3 is 0 Å². The monoisotopic (exact) mass is 579 g/mol. The lowest BCUT2D eigenvalue weighted by atomic mass is 9.86. The third-order valence-electron chi connectivity index (χ3n) is 7.61. The van der Waals surface area contributed by atoms with E-state index in [9.17, 15) is 4.79 Å². The second-order valence-corrected chi connectivity index (χ2v) is 12.1. The highest BCUT2D eigenvalue weighted by Gasteiger charge is 2.35. The van der Waals surface area contributed by atoms with Crippen molar-refractivity contribution in [1.29, 1.82) is 0 Å². The average molecular weight is 580 g/mol. The highest BCUT2D eigenvalue weighted by atomic mass is 16.5. The van der Waals surface area contributed by atoms with Gasteiger partial charge in [0.05, 0.1) is 29.8 Å². The largest absolute Gasteiger partial charge is 0.457 e. The molecule has 1 amide bonds. The fraction of sp³-hybridized carbons (Fsp3) is 0.333. The van der Waals surface area contributed by atoms with Crippen LogP contribution in [0.15, 0.2) is 72.9 Å². The van der Waals surface area contributed by atoms with E-state index in [0.29, 0.717) is 35.9 Å². The third-order valence-corrected chi connectivity index (χ3v) is 7.61. The fourth-order valence-corrected chi connectivity index (χ4v) is 5.27. The first-order chi connectivity index (χ1) is 20.6. The van der Waals surface area contributed by atoms with Crippen molar-refractivity contribution in [2.75, 3.05) is 10.6 Å². The number of hydrogen-bond donors (Lipinski definition) is 2. The van der Waals surface area contributed by atoms with E-state index < -0.39 is 0 Å². The zero-order chi connectivity index (χ0) is 30.1. The van der Waals surface area contributed by atoms with Gasteiger partial charge < -0.3 is 24.7 Å². The van der Waals surface area contributed by atoms with Gasteiger partial charge in [-0.25, -0.2) is 9.97 Å². The molecule has 10 heteroatoms. The molecule has 0 unspecified atom stereocenters. The van der Waals surface area contributed by atoms with Crippen LogP contribution in [0.5, 0.6) is 11.5 Å². The number of carbonyl (C=O) groups is 1. The highest BCUT2D eigenvalue weighted by molar-refractivity contribution is 5.87. The van der Waals surface area contributed by atoms with Crippen molar-refractivity contribution in [3.63, 3.8) is 0 Å². The molecule has 1 fully saturated rings. The van der Waals surface area contributed by atoms with Gasteiger partial charge in [0.1, 0.15) is 17.3 Å². The summed E-state index contributed by atoms with van der Waals surface area (Å²) in [5.74, 6) is 2.91. The summed E-state index contributed by atoms with van der Waals surface area (Å²) in [6, 6.07) is 21.9. The normalized spacial score (nSPS) is 16.6. The molecule has 1 aliphatic rings. The molecule has 0 atom stereocenters. The Morgan fingerprint density at radius 3 is 2.51 bits per heavy atom. The van der Waals surface area contributed by atoms with E-state index in [1.54, 1.807) is 18.3 Å². The van der Waals surface area contributed by atoms with Crippen molar-refractivity contribution in [1.82, 2.24) is 24.3 Å². The minimum atomic E-state index is -0.190. The molecule has 222 valence electrons. The van der Waals surface area contributed by atoms with Crippen molar-refractivity contribution in [3.05, 3.63) is 84.2 Å². The van der Waals surface area contributed by atoms with Crippen LogP contribution in [0, 0.1) is 0 Å². The molecule has 0 saturated heterocycles. The molecule has 2 N–H and O–H groups in total. The lowest BCUT2D eigenvalue weighted by Crippen LogP contribution is -2.36. The Morgan fingerprint density at radius 1 is 1.00 bits per heavy atom. The fourth-order valence-electron chi connectivity index (χ4n) is 5.27. The predicted molar refractivity (Wildman–Crippen MR) is 167 cm³/mol. The molecule has 1 saturated carbocycles. The number of amides is 1. The summed E-state index contributed by atoms with van der Waals surface area (Å²) < 4.78 is 16.4. The first-order valence-electron chi connectivity index (χ1n) is 14.5. The van der Waals surface area contributed by atoms with Crippen LogP contribution in [0.1, 0.15) is 57.8 Å². The van der Waals surface area contributed by atoms with E-state index in [1.807, 2.05) is 48.0 Å². The Kier molecular flexibility index (Phi) is 7.62. The first kappa shape index (κ1) is 28.4. The quantitative estimate of drug-likeness (QED) is 0.196. The number of ether oxygens (including phenoxy) is 2. The lowest BCUT2D eigenvalue weighted by molar-refractivity contribution is -0.114. The number of nitrogens with one attached hydrogen (secondary N) is 2. The summed E-state index contributed by atoms with van der Waals surface area (Å²) in [6.45, 7) is 8.72. The van der Waals surface area contributed by atoms with E-state index in [1.165, 1.54) is 18.2 Å². The number of pyridine rings is 1. The van der Waals surface area contributed by atoms with Gasteiger partial charge in [-0.2, -0.15) is 5.10 Å². The van der Waals surface area contributed by atoms with Crippen LogP contribution >= 0.6 is 0 Å². The van der Waals surface area contributed by atoms with Crippen molar-refractivity contribution in [3.8, 4) is 11.5 Å². The van der Waals surface area contributed by atoms with Crippen LogP contribution in [0.2, 0.25) is 0 Å². The zero-order valence-electron chi connectivity index (χ0n) is 25.2. The molecule has 43 heavy (non-hydrogen) atoms. The first-order valence-corrected chi connectivity index (χ1v) is 14.5. The number of anilines is 3. The number of rotatable bonds is 9. The van der Waals surface area contributed by atoms with E-state index >= 15 is 0 Å². The molecule has 2 aromatic carbocycles. The predicted octanol–water partition coefficient (Wildman–Crippen LogP) is 6.88. The van der Waals surface area contributed by atoms with Crippen LogP contribution in [0.4, 0.5) is 17.6 Å². The Labute approximate surface area is 251 Å². The lowest BCUT2D eigenvalue weighted by Gasteiger charge is -2.37. The van der Waals surface area contributed by atoms with Crippen LogP contribution in [0.3, 0.4) is 0 Å². The number of hydrogen-bond acceptors (Lipinski definition) is 7. The van der Waals surface area contributed by atoms with Crippen LogP contribution in [0.25, 0.3) is 11.0 Å². The summed E-state index contributed by atoms with van der Waals surface area (Å²) in [7, 11) is 1.96. The van der Waals surface area contributed by atoms with Gasteiger partial charge in [-0.05, 0) is 36.6 Å². The van der Waals surface area contributed by atoms with Gasteiger partial charge in [0.15, 0.2) is 5.82 Å². The number of imidazole rings is 1. The molecule has 3 aromatic heterocycles. The van der Waals surface area contributed by atoms with Gasteiger partial charge in [-0.15, -0.1) is 0 Å². The molecular formula is C33H37N7O3. The average Bonchev–Trinajstić information content (AvgIpc) is 3.49. The number of fused-ring (bicyclic) bond motifs is 1. The van der Waals surface area contributed by atoms with Gasteiger partial charge in [-0.1, -0.05) is 51.1 Å². The molecule has 0 aliphatic heterocycles. The maximum Gasteiger partial charge on any atom is 0.222 e. The smallest absolute Gasteiger partial charge is 0.222 e. The van der Waals surface area contributed by atoms with Crippen molar-refractivity contribution in [2.24, 2.45) is 7.05 Å². The Hall–Kier alpha value is -4.70. The maximum absolute atomic E-state index is 11.4. The second-order valence-electron chi connectivity index (χ2n) is 12.1. The summed E-state index contributed by atoms with van der Waals surface area (Å²) >= 11 is 0. The molecule has 1 aliphatic carbocycles. The van der Waals surface area contributed by atoms with Gasteiger partial charge in [0, 0.05) is 49.5 Å². The minimum absolute atomic E-state index is 0.0751. The Balaban J connectivity index is 1.16. The summed E-state index contributed by atoms with van der Waals surface area (Å²) in [5.41, 5.74) is 4.03. The standard InChI is InChI=1S/C33H37N7O3/c1-21(41)35-30-18-25(13-14-34-30)43-24-11-12-27-28(17-24)39(5)32(36-27)37-31-19-29(33(2,3)4)40(38-31)23-15-26(16-23)42-20-22-9-7-6-8-10-22/h6-14,17-19,23,26H,15-16,20H2,1-5H3,(H,34,35,41)(H,36,37,38)/t23-,26+. The number of benzene rings is 2. The third kappa shape index (κ3) is 6.39. The van der Waals surface area contributed by atoms with Crippen molar-refractivity contribution < 1.29 is 14.3 Å². The highest BCUT2D eigenvalue weighted by Crippen LogP contribution is 2.39. The zero-order valence-corrected chi connectivity index (χ0v) is 25.2. The van der Waals surface area contributed by atoms with E-state index in [2.05, 4.69) is 59.3 Å². The topological polar surface area (TPSA) is 108 Å². The minimum Gasteiger partial charge on any atom is -0.457 e. The Morgan fingerprint density at radius 2 is 1.77 bits per heavy atom. The second kappa shape index (κ2) is 11.5. The molecule has 10 nitrogen and oxygen atoms in total. The molecule has 0 bridgehead atoms. The van der Waals surface area contributed by atoms with E-state index in [0.717, 1.165) is 29.7 Å². The van der Waals surface area contributed by atoms with E-state index in [4.69, 9.17) is 19.6 Å². The number of aryl methyl sites for hydroxylation is 1. The number of aromatic nitrogens is 5. The van der Waals surface area contributed by atoms with Gasteiger partial charge in [0.2, 0.25) is 11.9 Å². The number of nitrogens with zero attached hydrogens (tertiary/aromatic N) is 5. The summed E-state index contributed by atoms with van der Waals surface area (Å²) in [6.07, 6.45) is 3.71. The number of carbonyl (C=O) groups excluding carboxylic acids is 1. The van der Waals surface area contributed by atoms with Crippen molar-refractivity contribution in [2.45, 2.75) is 64.7 Å². The molecule has 3 heterocycles. The molecule has 6 rings (SSSR count). The van der Waals surface area contributed by atoms with Gasteiger partial charge in [-0.3, -0.25) is 9.48 Å². The molecule has 5 aromatic rings. The summed E-state index contributed by atoms with van der Waals surface area (Å²) in [4.78, 5) is 20.3. The summed E-state index contributed by atoms with van der Waals surface area (Å²) in [5, 5.41) is 11.1. The molecular weight excluding hydrogens is 542 g/mol. The van der Waals surface area contributed by atoms with Crippen LogP contribution in [-0.4, -0.2) is 36.3 Å². The van der Waals surface area contributed by atoms with Gasteiger partial charge in [0.25, 0.3) is 0 Å². The van der Waals surface area contributed by atoms with E-state index in [-0.39, 0.29) is 17.4 Å². The molecule has 0 spiro atoms. The maximum atomic E-state index is 11.4. The van der Waals surface area contributed by atoms with Crippen LogP contribution in [-0.2, 0) is 28.6 Å². The van der Waals surface area contributed by atoms with Crippen molar-refractivity contribution >= 4 is 34.5 Å². The molecule has 0 radical (unpaired) electrons. The SMILES string of the molecule is CC(=O)Nc1cc(Oc2ccc3nc(Nc4cc(C(C)(C)C)n([C@H]5C[C@@H](OCc6ccccc6)C5)n4)n(C)c3c2)ccn1.